The van der Waals surface area contributed by atoms with Crippen LogP contribution in [0.25, 0.3) is 5.69 Å². The number of pyridine rings is 2. The zero-order chi connectivity index (χ0) is 25.7. The van der Waals surface area contributed by atoms with Crippen LogP contribution < -0.4 is 20.7 Å². The van der Waals surface area contributed by atoms with E-state index >= 15 is 0 Å². The first-order chi connectivity index (χ1) is 17.4. The van der Waals surface area contributed by atoms with Crippen LogP contribution in [0.4, 0.5) is 26.5 Å². The molecule has 0 radical (unpaired) electrons. The van der Waals surface area contributed by atoms with E-state index in [-0.39, 0.29) is 29.2 Å². The lowest BCUT2D eigenvalue weighted by molar-refractivity contribution is 0.180. The first kappa shape index (κ1) is 24.6. The van der Waals surface area contributed by atoms with E-state index in [4.69, 9.17) is 9.84 Å². The molecule has 3 heterocycles. The fraction of sp³-hybridized carbons (Fsp3) is 0.391. The van der Waals surface area contributed by atoms with Crippen molar-refractivity contribution >= 4 is 23.4 Å². The van der Waals surface area contributed by atoms with E-state index in [0.717, 1.165) is 25.3 Å². The highest BCUT2D eigenvalue weighted by molar-refractivity contribution is 5.67. The van der Waals surface area contributed by atoms with Crippen LogP contribution in [0.1, 0.15) is 38.7 Å². The van der Waals surface area contributed by atoms with Crippen LogP contribution in [0.5, 0.6) is 5.88 Å². The van der Waals surface area contributed by atoms with Gasteiger partial charge in [-0.05, 0) is 44.7 Å². The van der Waals surface area contributed by atoms with E-state index < -0.39 is 18.0 Å². The van der Waals surface area contributed by atoms with Gasteiger partial charge in [-0.15, -0.1) is 5.10 Å². The molecule has 0 saturated heterocycles. The number of hydrogen-bond donors (Lipinski definition) is 4. The van der Waals surface area contributed by atoms with Gasteiger partial charge in [-0.3, -0.25) is 0 Å². The number of aromatic nitrogens is 5. The number of amides is 1. The number of anilines is 3. The first-order valence-corrected chi connectivity index (χ1v) is 11.5. The molecule has 0 aromatic carbocycles. The number of hydrogen-bond acceptors (Lipinski definition) is 9. The van der Waals surface area contributed by atoms with Crippen molar-refractivity contribution in [2.45, 2.75) is 45.2 Å². The summed E-state index contributed by atoms with van der Waals surface area (Å²) in [4.78, 5) is 19.8. The molecular weight excluding hydrogens is 469 g/mol. The molecule has 0 spiro atoms. The topological polar surface area (TPSA) is 163 Å². The van der Waals surface area contributed by atoms with Crippen LogP contribution in [0.15, 0.2) is 30.7 Å². The van der Waals surface area contributed by atoms with Gasteiger partial charge in [0.2, 0.25) is 5.88 Å². The number of ether oxygens (including phenoxy) is 1. The van der Waals surface area contributed by atoms with E-state index in [9.17, 15) is 14.4 Å². The summed E-state index contributed by atoms with van der Waals surface area (Å²) in [5.41, 5.74) is 0.963. The first-order valence-electron chi connectivity index (χ1n) is 11.5. The predicted molar refractivity (Wildman–Crippen MR) is 128 cm³/mol. The molecule has 3 aromatic rings. The van der Waals surface area contributed by atoms with Gasteiger partial charge < -0.3 is 25.8 Å². The molecule has 1 amide bonds. The van der Waals surface area contributed by atoms with E-state index in [2.05, 4.69) is 36.2 Å². The number of carboxylic acid groups (broad SMARTS) is 1. The summed E-state index contributed by atoms with van der Waals surface area (Å²) in [5.74, 6) is -0.171. The molecule has 3 aromatic heterocycles. The van der Waals surface area contributed by atoms with Gasteiger partial charge in [0.15, 0.2) is 17.5 Å². The Balaban J connectivity index is 1.65. The second-order valence-electron chi connectivity index (χ2n) is 8.38. The van der Waals surface area contributed by atoms with Crippen molar-refractivity contribution in [1.29, 1.82) is 5.26 Å². The Morgan fingerprint density at radius 3 is 2.81 bits per heavy atom. The normalized spacial score (nSPS) is 14.7. The Morgan fingerprint density at radius 1 is 1.39 bits per heavy atom. The largest absolute Gasteiger partial charge is 0.476 e. The third kappa shape index (κ3) is 5.43. The number of nitriles is 1. The lowest BCUT2D eigenvalue weighted by Crippen LogP contribution is -2.50. The van der Waals surface area contributed by atoms with Gasteiger partial charge in [-0.2, -0.15) is 5.26 Å². The predicted octanol–water partition coefficient (Wildman–Crippen LogP) is 3.45. The maximum atomic E-state index is 14.9. The Bertz CT molecular complexity index is 1260. The van der Waals surface area contributed by atoms with E-state index in [1.54, 1.807) is 19.2 Å². The Morgan fingerprint density at radius 2 is 2.19 bits per heavy atom. The zero-order valence-corrected chi connectivity index (χ0v) is 19.8. The second-order valence-corrected chi connectivity index (χ2v) is 8.38. The highest BCUT2D eigenvalue weighted by Gasteiger charge is 2.33. The number of nitrogens with one attached hydrogen (secondary N) is 3. The average Bonchev–Trinajstić information content (AvgIpc) is 3.34. The average molecular weight is 496 g/mol. The molecular formula is C23H26FN9O3. The molecule has 12 nitrogen and oxygen atoms in total. The van der Waals surface area contributed by atoms with Gasteiger partial charge in [-0.1, -0.05) is 11.6 Å². The number of carbonyl (C=O) groups is 1. The maximum absolute atomic E-state index is 14.9. The summed E-state index contributed by atoms with van der Waals surface area (Å²) in [7, 11) is 0. The summed E-state index contributed by atoms with van der Waals surface area (Å²) >= 11 is 0. The lowest BCUT2D eigenvalue weighted by Gasteiger charge is -2.38. The van der Waals surface area contributed by atoms with Crippen LogP contribution in [0.2, 0.25) is 0 Å². The quantitative estimate of drug-likeness (QED) is 0.327. The zero-order valence-electron chi connectivity index (χ0n) is 19.8. The molecule has 36 heavy (non-hydrogen) atoms. The van der Waals surface area contributed by atoms with Crippen molar-refractivity contribution in [3.05, 3.63) is 42.1 Å². The molecule has 0 unspecified atom stereocenters. The van der Waals surface area contributed by atoms with Crippen molar-refractivity contribution in [3.63, 3.8) is 0 Å². The van der Waals surface area contributed by atoms with Crippen LogP contribution in [0.3, 0.4) is 0 Å². The smallest absolute Gasteiger partial charge is 0.404 e. The Hall–Kier alpha value is -4.47. The van der Waals surface area contributed by atoms with Gasteiger partial charge >= 0.3 is 6.09 Å². The fourth-order valence-electron chi connectivity index (χ4n) is 4.06. The van der Waals surface area contributed by atoms with Gasteiger partial charge in [0.25, 0.3) is 0 Å². The molecule has 2 atom stereocenters. The molecule has 1 aliphatic carbocycles. The standard InChI is InChI=1S/C23H26FN9O3/c1-3-36-22-18(33-8-7-27-32-33)10-16(12-26-22)29-20-15(11-25)9-17(24)21(31-20)30-19(14-5-4-6-14)13(2)28-23(34)35/h7-10,12-14,19,28H,3-6H2,1-2H3,(H,34,35)(H2,29,30,31)/t13-,19-/m0/s1. The molecule has 1 saturated carbocycles. The molecule has 13 heteroatoms. The summed E-state index contributed by atoms with van der Waals surface area (Å²) < 4.78 is 22.0. The second kappa shape index (κ2) is 10.9. The van der Waals surface area contributed by atoms with Crippen molar-refractivity contribution in [2.75, 3.05) is 17.2 Å². The van der Waals surface area contributed by atoms with E-state index in [1.807, 2.05) is 13.0 Å². The summed E-state index contributed by atoms with van der Waals surface area (Å²) in [6, 6.07) is 3.88. The van der Waals surface area contributed by atoms with Crippen molar-refractivity contribution in [2.24, 2.45) is 5.92 Å². The number of nitrogens with zero attached hydrogens (tertiary/aromatic N) is 6. The summed E-state index contributed by atoms with van der Waals surface area (Å²) in [5, 5.41) is 35.1. The fourth-order valence-corrected chi connectivity index (χ4v) is 4.06. The molecule has 1 aliphatic rings. The van der Waals surface area contributed by atoms with Gasteiger partial charge in [-0.25, -0.2) is 23.8 Å². The highest BCUT2D eigenvalue weighted by atomic mass is 19.1. The van der Waals surface area contributed by atoms with Crippen molar-refractivity contribution in [1.82, 2.24) is 30.3 Å². The monoisotopic (exact) mass is 495 g/mol. The highest BCUT2D eigenvalue weighted by Crippen LogP contribution is 2.34. The van der Waals surface area contributed by atoms with Crippen LogP contribution in [-0.4, -0.2) is 54.9 Å². The van der Waals surface area contributed by atoms with Crippen molar-refractivity contribution in [3.8, 4) is 17.6 Å². The number of halogens is 1. The SMILES string of the molecule is CCOc1ncc(Nc2nc(N[C@H](C3CCC3)[C@H](C)NC(=O)O)c(F)cc2C#N)cc1-n1ccnn1. The van der Waals surface area contributed by atoms with Gasteiger partial charge in [0, 0.05) is 6.04 Å². The summed E-state index contributed by atoms with van der Waals surface area (Å²) in [6.45, 7) is 3.95. The van der Waals surface area contributed by atoms with E-state index in [0.29, 0.717) is 23.9 Å². The minimum Gasteiger partial charge on any atom is -0.476 e. The van der Waals surface area contributed by atoms with E-state index in [1.165, 1.54) is 17.1 Å². The Labute approximate surface area is 206 Å². The number of rotatable bonds is 10. The lowest BCUT2D eigenvalue weighted by atomic mass is 9.77. The minimum atomic E-state index is -1.16. The molecule has 188 valence electrons. The molecule has 0 bridgehead atoms. The summed E-state index contributed by atoms with van der Waals surface area (Å²) in [6.07, 6.45) is 6.31. The van der Waals surface area contributed by atoms with Crippen molar-refractivity contribution < 1.29 is 19.0 Å². The van der Waals surface area contributed by atoms with Crippen LogP contribution in [0, 0.1) is 23.1 Å². The third-order valence-corrected chi connectivity index (χ3v) is 5.99. The molecule has 4 rings (SSSR count). The van der Waals surface area contributed by atoms with Gasteiger partial charge in [0.05, 0.1) is 42.5 Å². The molecule has 0 aliphatic heterocycles. The van der Waals surface area contributed by atoms with Crippen LogP contribution in [-0.2, 0) is 0 Å². The molecule has 1 fully saturated rings. The third-order valence-electron chi connectivity index (χ3n) is 5.99. The maximum Gasteiger partial charge on any atom is 0.404 e. The van der Waals surface area contributed by atoms with Crippen LogP contribution >= 0.6 is 0 Å². The van der Waals surface area contributed by atoms with Gasteiger partial charge in [0.1, 0.15) is 11.8 Å². The molecule has 4 N–H and O–H groups in total. The minimum absolute atomic E-state index is 0.00820. The Kier molecular flexibility index (Phi) is 7.43.